The number of rotatable bonds is 5. The quantitative estimate of drug-likeness (QED) is 0.466. The molecular weight excluding hydrogens is 434 g/mol. The van der Waals surface area contributed by atoms with Gasteiger partial charge in [-0.3, -0.25) is 14.2 Å². The Bertz CT molecular complexity index is 1290. The molecule has 0 N–H and O–H groups in total. The van der Waals surface area contributed by atoms with E-state index in [1.165, 1.54) is 16.8 Å². The van der Waals surface area contributed by atoms with Gasteiger partial charge >= 0.3 is 10.0 Å². The molecule has 10 heteroatoms. The highest BCUT2D eigenvalue weighted by Crippen LogP contribution is 2.22. The van der Waals surface area contributed by atoms with E-state index >= 15 is 0 Å². The highest BCUT2D eigenvalue weighted by atomic mass is 79.9. The Morgan fingerprint density at radius 2 is 2.00 bits per heavy atom. The van der Waals surface area contributed by atoms with Crippen LogP contribution in [0.3, 0.4) is 0 Å². The molecule has 0 spiro atoms. The van der Waals surface area contributed by atoms with E-state index in [2.05, 4.69) is 31.0 Å². The topological polar surface area (TPSA) is 99.2 Å². The molecule has 0 aromatic carbocycles. The Balaban J connectivity index is 1.88. The highest BCUT2D eigenvalue weighted by Gasteiger charge is 2.25. The molecule has 0 aliphatic carbocycles. The first kappa shape index (κ1) is 17.8. The molecule has 0 bridgehead atoms. The molecule has 0 atom stereocenters. The van der Waals surface area contributed by atoms with Crippen molar-refractivity contribution in [1.29, 1.82) is 0 Å². The van der Waals surface area contributed by atoms with Crippen molar-refractivity contribution in [2.75, 3.05) is 0 Å². The molecule has 8 nitrogen and oxygen atoms in total. The zero-order valence-corrected chi connectivity index (χ0v) is 16.6. The van der Waals surface area contributed by atoms with Crippen LogP contribution >= 0.6 is 15.9 Å². The smallest absolute Gasteiger partial charge is 0.299 e. The molecule has 0 unspecified atom stereocenters. The minimum absolute atomic E-state index is 0.0150. The molecule has 4 aromatic rings. The van der Waals surface area contributed by atoms with Crippen LogP contribution in [0.2, 0.25) is 0 Å². The minimum atomic E-state index is -4.01. The van der Waals surface area contributed by atoms with E-state index in [9.17, 15) is 13.2 Å². The number of pyridine rings is 2. The maximum absolute atomic E-state index is 13.2. The zero-order chi connectivity index (χ0) is 19.2. The number of hydrogen-bond acceptors (Lipinski definition) is 6. The van der Waals surface area contributed by atoms with Gasteiger partial charge in [0.25, 0.3) is 0 Å². The lowest BCUT2D eigenvalue weighted by Gasteiger charge is -2.07. The minimum Gasteiger partial charge on any atom is -0.299 e. The number of imidazole rings is 1. The second-order valence-corrected chi connectivity index (χ2v) is 8.61. The average Bonchev–Trinajstić information content (AvgIpc) is 3.25. The molecule has 0 radical (unpaired) electrons. The van der Waals surface area contributed by atoms with Crippen molar-refractivity contribution in [2.45, 2.75) is 24.8 Å². The summed E-state index contributed by atoms with van der Waals surface area (Å²) in [5, 5.41) is 4.01. The number of aromatic nitrogens is 5. The predicted molar refractivity (Wildman–Crippen MR) is 102 cm³/mol. The molecule has 0 aliphatic rings. The number of fused-ring (bicyclic) bond motifs is 2. The number of nitrogens with zero attached hydrogens (tertiary/aromatic N) is 5. The molecule has 0 saturated heterocycles. The summed E-state index contributed by atoms with van der Waals surface area (Å²) in [5.41, 5.74) is 1.90. The largest absolute Gasteiger partial charge is 0.301 e. The monoisotopic (exact) mass is 447 g/mol. The molecular formula is C17H14BrN5O3S. The van der Waals surface area contributed by atoms with Crippen molar-refractivity contribution >= 4 is 48.4 Å². The van der Waals surface area contributed by atoms with Crippen molar-refractivity contribution in [3.8, 4) is 0 Å². The predicted octanol–water partition coefficient (Wildman–Crippen LogP) is 2.60. The standard InChI is InChI=1S/C17H14BrN5O3S/c1-2-13(24)5-11-6-15-14(19-7-11)8-21-23(15)27(25,26)17-9-20-16-4-3-12(18)10-22(16)17/h3-4,6-10H,2,5H2,1H3. The third-order valence-electron chi connectivity index (χ3n) is 4.17. The summed E-state index contributed by atoms with van der Waals surface area (Å²) >= 11 is 3.34. The number of Topliss-reactive ketones (excluding diaryl/α,β-unsaturated/α-hetero) is 1. The van der Waals surface area contributed by atoms with Crippen LogP contribution in [-0.2, 0) is 21.2 Å². The summed E-state index contributed by atoms with van der Waals surface area (Å²) in [6.45, 7) is 1.78. The van der Waals surface area contributed by atoms with Crippen LogP contribution in [-0.4, -0.2) is 37.8 Å². The van der Waals surface area contributed by atoms with Gasteiger partial charge in [0, 0.05) is 29.7 Å². The number of carbonyl (C=O) groups is 1. The molecule has 4 rings (SSSR count). The average molecular weight is 448 g/mol. The first-order valence-corrected chi connectivity index (χ1v) is 10.4. The first-order chi connectivity index (χ1) is 12.9. The summed E-state index contributed by atoms with van der Waals surface area (Å²) in [4.78, 5) is 20.1. The van der Waals surface area contributed by atoms with E-state index < -0.39 is 10.0 Å². The van der Waals surface area contributed by atoms with Gasteiger partial charge in [-0.2, -0.15) is 17.6 Å². The Hall–Kier alpha value is -2.59. The molecule has 138 valence electrons. The van der Waals surface area contributed by atoms with Gasteiger partial charge in [0.1, 0.15) is 22.5 Å². The second-order valence-electron chi connectivity index (χ2n) is 5.98. The normalized spacial score (nSPS) is 12.1. The molecule has 0 saturated carbocycles. The van der Waals surface area contributed by atoms with Crippen LogP contribution in [0, 0.1) is 0 Å². The number of hydrogen-bond donors (Lipinski definition) is 0. The molecule has 4 heterocycles. The Morgan fingerprint density at radius 3 is 2.78 bits per heavy atom. The van der Waals surface area contributed by atoms with E-state index in [4.69, 9.17) is 0 Å². The number of ketones is 1. The van der Waals surface area contributed by atoms with Gasteiger partial charge in [-0.25, -0.2) is 4.98 Å². The maximum Gasteiger partial charge on any atom is 0.301 e. The van der Waals surface area contributed by atoms with E-state index in [1.807, 2.05) is 0 Å². The van der Waals surface area contributed by atoms with Gasteiger partial charge in [-0.15, -0.1) is 0 Å². The fourth-order valence-electron chi connectivity index (χ4n) is 2.78. The van der Waals surface area contributed by atoms with Crippen LogP contribution in [0.4, 0.5) is 0 Å². The lowest BCUT2D eigenvalue weighted by Crippen LogP contribution is -2.16. The van der Waals surface area contributed by atoms with Crippen molar-refractivity contribution in [3.05, 3.63) is 53.0 Å². The molecule has 0 fully saturated rings. The van der Waals surface area contributed by atoms with Crippen molar-refractivity contribution in [3.63, 3.8) is 0 Å². The van der Waals surface area contributed by atoms with E-state index in [1.54, 1.807) is 37.5 Å². The van der Waals surface area contributed by atoms with Gasteiger partial charge in [0.15, 0.2) is 5.03 Å². The molecule has 0 amide bonds. The van der Waals surface area contributed by atoms with Gasteiger partial charge in [0.05, 0.1) is 12.4 Å². The third kappa shape index (κ3) is 3.04. The number of carbonyl (C=O) groups excluding carboxylic acids is 1. The Labute approximate surface area is 163 Å². The van der Waals surface area contributed by atoms with Crippen LogP contribution in [0.5, 0.6) is 0 Å². The van der Waals surface area contributed by atoms with E-state index in [0.29, 0.717) is 28.7 Å². The van der Waals surface area contributed by atoms with E-state index in [0.717, 1.165) is 8.56 Å². The van der Waals surface area contributed by atoms with Crippen LogP contribution in [0.15, 0.2) is 52.5 Å². The zero-order valence-electron chi connectivity index (χ0n) is 14.2. The Kier molecular flexibility index (Phi) is 4.31. The fraction of sp³-hybridized carbons (Fsp3) is 0.176. The first-order valence-electron chi connectivity index (χ1n) is 8.12. The van der Waals surface area contributed by atoms with Crippen LogP contribution in [0.1, 0.15) is 18.9 Å². The molecule has 0 aliphatic heterocycles. The molecule has 4 aromatic heterocycles. The van der Waals surface area contributed by atoms with Gasteiger partial charge < -0.3 is 0 Å². The maximum atomic E-state index is 13.2. The fourth-order valence-corrected chi connectivity index (χ4v) is 4.45. The van der Waals surface area contributed by atoms with Crippen molar-refractivity contribution in [1.82, 2.24) is 23.6 Å². The lowest BCUT2D eigenvalue weighted by molar-refractivity contribution is -0.118. The summed E-state index contributed by atoms with van der Waals surface area (Å²) < 4.78 is 29.6. The SMILES string of the molecule is CCC(=O)Cc1cnc2cnn(S(=O)(=O)c3cnc4ccc(Br)cn34)c2c1. The van der Waals surface area contributed by atoms with E-state index in [-0.39, 0.29) is 17.2 Å². The summed E-state index contributed by atoms with van der Waals surface area (Å²) in [5.74, 6) is 0.0525. The van der Waals surface area contributed by atoms with Gasteiger partial charge in [0.2, 0.25) is 0 Å². The van der Waals surface area contributed by atoms with Crippen molar-refractivity contribution < 1.29 is 13.2 Å². The summed E-state index contributed by atoms with van der Waals surface area (Å²) in [6, 6.07) is 5.13. The van der Waals surface area contributed by atoms with Gasteiger partial charge in [-0.1, -0.05) is 6.92 Å². The molecule has 27 heavy (non-hydrogen) atoms. The number of halogens is 1. The Morgan fingerprint density at radius 1 is 1.19 bits per heavy atom. The summed E-state index contributed by atoms with van der Waals surface area (Å²) in [7, 11) is -4.01. The third-order valence-corrected chi connectivity index (χ3v) is 6.21. The highest BCUT2D eigenvalue weighted by molar-refractivity contribution is 9.10. The van der Waals surface area contributed by atoms with Crippen LogP contribution in [0.25, 0.3) is 16.7 Å². The van der Waals surface area contributed by atoms with Crippen molar-refractivity contribution in [2.24, 2.45) is 0 Å². The van der Waals surface area contributed by atoms with Crippen LogP contribution < -0.4 is 0 Å². The summed E-state index contributed by atoms with van der Waals surface area (Å²) in [6.07, 6.45) is 6.49. The van der Waals surface area contributed by atoms with Gasteiger partial charge in [-0.05, 0) is 39.7 Å². The lowest BCUT2D eigenvalue weighted by atomic mass is 10.1. The second kappa shape index (κ2) is 6.54.